The van der Waals surface area contributed by atoms with Crippen molar-refractivity contribution in [3.8, 4) is 0 Å². The van der Waals surface area contributed by atoms with Gasteiger partial charge < -0.3 is 9.80 Å². The molecule has 2 heterocycles. The highest BCUT2D eigenvalue weighted by Gasteiger charge is 2.29. The van der Waals surface area contributed by atoms with E-state index in [9.17, 15) is 4.79 Å². The van der Waals surface area contributed by atoms with Gasteiger partial charge in [0.25, 0.3) is 5.91 Å². The molecule has 0 radical (unpaired) electrons. The van der Waals surface area contributed by atoms with E-state index in [1.165, 1.54) is 11.1 Å². The maximum Gasteiger partial charge on any atom is 0.274 e. The summed E-state index contributed by atoms with van der Waals surface area (Å²) < 4.78 is 0. The first-order valence-corrected chi connectivity index (χ1v) is 8.61. The highest BCUT2D eigenvalue weighted by molar-refractivity contribution is 5.92. The van der Waals surface area contributed by atoms with Crippen LogP contribution in [0.3, 0.4) is 0 Å². The number of nitrogens with one attached hydrogen (secondary N) is 1. The van der Waals surface area contributed by atoms with E-state index >= 15 is 0 Å². The van der Waals surface area contributed by atoms with Gasteiger partial charge in [-0.15, -0.1) is 0 Å². The average Bonchev–Trinajstić information content (AvgIpc) is 3.01. The largest absolute Gasteiger partial charge is 0.330 e. The SMILES string of the molecule is Cc1cc(C(=O)N2CCCC[C@@H]2c2ccc(CN(C)C)cc2)n[nH]1. The number of aromatic nitrogens is 2. The topological polar surface area (TPSA) is 52.2 Å². The molecule has 128 valence electrons. The zero-order valence-electron chi connectivity index (χ0n) is 14.7. The highest BCUT2D eigenvalue weighted by atomic mass is 16.2. The lowest BCUT2D eigenvalue weighted by Gasteiger charge is -2.35. The molecule has 1 atom stereocenters. The van der Waals surface area contributed by atoms with Crippen LogP contribution in [0.5, 0.6) is 0 Å². The third-order valence-electron chi connectivity index (χ3n) is 4.55. The molecule has 1 saturated heterocycles. The minimum atomic E-state index is 0.0291. The molecular formula is C19H26N4O. The van der Waals surface area contributed by atoms with Gasteiger partial charge in [-0.2, -0.15) is 5.10 Å². The Labute approximate surface area is 143 Å². The molecule has 2 aromatic rings. The van der Waals surface area contributed by atoms with Crippen molar-refractivity contribution in [3.05, 3.63) is 52.8 Å². The van der Waals surface area contributed by atoms with Gasteiger partial charge in [-0.1, -0.05) is 24.3 Å². The molecule has 3 rings (SSSR count). The first-order chi connectivity index (χ1) is 11.5. The predicted molar refractivity (Wildman–Crippen MR) is 94.8 cm³/mol. The van der Waals surface area contributed by atoms with Crippen LogP contribution in [0.25, 0.3) is 0 Å². The van der Waals surface area contributed by atoms with Crippen molar-refractivity contribution in [2.75, 3.05) is 20.6 Å². The smallest absolute Gasteiger partial charge is 0.274 e. The molecule has 0 saturated carbocycles. The lowest BCUT2D eigenvalue weighted by atomic mass is 9.94. The van der Waals surface area contributed by atoms with Crippen molar-refractivity contribution in [2.24, 2.45) is 0 Å². The van der Waals surface area contributed by atoms with Crippen molar-refractivity contribution in [1.82, 2.24) is 20.0 Å². The number of rotatable bonds is 4. The van der Waals surface area contributed by atoms with Gasteiger partial charge in [-0.3, -0.25) is 9.89 Å². The van der Waals surface area contributed by atoms with Gasteiger partial charge >= 0.3 is 0 Å². The normalized spacial score (nSPS) is 18.2. The number of H-pyrrole nitrogens is 1. The first kappa shape index (κ1) is 16.7. The van der Waals surface area contributed by atoms with Crippen molar-refractivity contribution in [1.29, 1.82) is 0 Å². The zero-order valence-corrected chi connectivity index (χ0v) is 14.7. The van der Waals surface area contributed by atoms with Crippen LogP contribution >= 0.6 is 0 Å². The van der Waals surface area contributed by atoms with Gasteiger partial charge in [0.2, 0.25) is 0 Å². The summed E-state index contributed by atoms with van der Waals surface area (Å²) >= 11 is 0. The summed E-state index contributed by atoms with van der Waals surface area (Å²) in [6, 6.07) is 10.7. The van der Waals surface area contributed by atoms with E-state index in [4.69, 9.17) is 0 Å². The molecule has 5 nitrogen and oxygen atoms in total. The number of hydrogen-bond donors (Lipinski definition) is 1. The van der Waals surface area contributed by atoms with Crippen LogP contribution in [0.2, 0.25) is 0 Å². The van der Waals surface area contributed by atoms with E-state index in [0.29, 0.717) is 5.69 Å². The van der Waals surface area contributed by atoms with Crippen LogP contribution < -0.4 is 0 Å². The maximum absolute atomic E-state index is 12.8. The van der Waals surface area contributed by atoms with Crippen molar-refractivity contribution < 1.29 is 4.79 Å². The summed E-state index contributed by atoms with van der Waals surface area (Å²) in [6.07, 6.45) is 3.24. The molecule has 0 bridgehead atoms. The van der Waals surface area contributed by atoms with E-state index in [0.717, 1.165) is 38.0 Å². The first-order valence-electron chi connectivity index (χ1n) is 8.61. The molecule has 0 spiro atoms. The molecular weight excluding hydrogens is 300 g/mol. The monoisotopic (exact) mass is 326 g/mol. The molecule has 1 aliphatic rings. The number of likely N-dealkylation sites (tertiary alicyclic amines) is 1. The summed E-state index contributed by atoms with van der Waals surface area (Å²) in [5, 5.41) is 7.01. The Morgan fingerprint density at radius 1 is 1.29 bits per heavy atom. The van der Waals surface area contributed by atoms with Gasteiger partial charge in [-0.25, -0.2) is 0 Å². The second-order valence-electron chi connectivity index (χ2n) is 6.93. The van der Waals surface area contributed by atoms with Crippen molar-refractivity contribution >= 4 is 5.91 Å². The summed E-state index contributed by atoms with van der Waals surface area (Å²) in [4.78, 5) is 17.0. The standard InChI is InChI=1S/C19H26N4O/c1-14-12-17(21-20-14)19(24)23-11-5-4-6-18(23)16-9-7-15(8-10-16)13-22(2)3/h7-10,12,18H,4-6,11,13H2,1-3H3,(H,20,21)/t18-/m1/s1. The van der Waals surface area contributed by atoms with Crippen LogP contribution in [0.4, 0.5) is 0 Å². The van der Waals surface area contributed by atoms with E-state index in [-0.39, 0.29) is 11.9 Å². The van der Waals surface area contributed by atoms with Crippen LogP contribution in [-0.2, 0) is 6.54 Å². The van der Waals surface area contributed by atoms with Gasteiger partial charge in [0.15, 0.2) is 0 Å². The number of carbonyl (C=O) groups excluding carboxylic acids is 1. The number of aromatic amines is 1. The van der Waals surface area contributed by atoms with Crippen LogP contribution in [0, 0.1) is 6.92 Å². The van der Waals surface area contributed by atoms with E-state index in [1.54, 1.807) is 0 Å². The molecule has 1 aromatic heterocycles. The molecule has 5 heteroatoms. The van der Waals surface area contributed by atoms with Crippen molar-refractivity contribution in [3.63, 3.8) is 0 Å². The minimum absolute atomic E-state index is 0.0291. The summed E-state index contributed by atoms with van der Waals surface area (Å²) in [6.45, 7) is 3.65. The number of aryl methyl sites for hydroxylation is 1. The van der Waals surface area contributed by atoms with Crippen LogP contribution in [0.15, 0.2) is 30.3 Å². The molecule has 1 aromatic carbocycles. The number of piperidine rings is 1. The predicted octanol–water partition coefficient (Wildman–Crippen LogP) is 3.15. The molecule has 0 unspecified atom stereocenters. The zero-order chi connectivity index (χ0) is 17.1. The van der Waals surface area contributed by atoms with Crippen LogP contribution in [0.1, 0.15) is 52.6 Å². The quantitative estimate of drug-likeness (QED) is 0.939. The number of hydrogen-bond acceptors (Lipinski definition) is 3. The highest BCUT2D eigenvalue weighted by Crippen LogP contribution is 2.32. The Hall–Kier alpha value is -2.14. The third kappa shape index (κ3) is 3.67. The lowest BCUT2D eigenvalue weighted by Crippen LogP contribution is -2.38. The Morgan fingerprint density at radius 3 is 2.67 bits per heavy atom. The molecule has 1 amide bonds. The Kier molecular flexibility index (Phi) is 5.00. The van der Waals surface area contributed by atoms with Gasteiger partial charge in [0, 0.05) is 18.8 Å². The maximum atomic E-state index is 12.8. The molecule has 0 aliphatic carbocycles. The summed E-state index contributed by atoms with van der Waals surface area (Å²) in [5.74, 6) is 0.0291. The second kappa shape index (κ2) is 7.18. The fraction of sp³-hybridized carbons (Fsp3) is 0.474. The van der Waals surface area contributed by atoms with Crippen LogP contribution in [-0.4, -0.2) is 46.5 Å². The van der Waals surface area contributed by atoms with Gasteiger partial charge in [0.05, 0.1) is 6.04 Å². The second-order valence-corrected chi connectivity index (χ2v) is 6.93. The fourth-order valence-electron chi connectivity index (χ4n) is 3.41. The van der Waals surface area contributed by atoms with E-state index < -0.39 is 0 Å². The van der Waals surface area contributed by atoms with Gasteiger partial charge in [0.1, 0.15) is 5.69 Å². The Bertz CT molecular complexity index is 690. The summed E-state index contributed by atoms with van der Waals surface area (Å²) in [7, 11) is 4.14. The fourth-order valence-corrected chi connectivity index (χ4v) is 3.41. The molecule has 24 heavy (non-hydrogen) atoms. The molecule has 1 aliphatic heterocycles. The van der Waals surface area contributed by atoms with Crippen molar-refractivity contribution in [2.45, 2.75) is 38.8 Å². The third-order valence-corrected chi connectivity index (χ3v) is 4.55. The lowest BCUT2D eigenvalue weighted by molar-refractivity contribution is 0.0605. The number of nitrogens with zero attached hydrogens (tertiary/aromatic N) is 3. The Balaban J connectivity index is 1.80. The summed E-state index contributed by atoms with van der Waals surface area (Å²) in [5.41, 5.74) is 3.95. The van der Waals surface area contributed by atoms with Gasteiger partial charge in [-0.05, 0) is 57.5 Å². The Morgan fingerprint density at radius 2 is 2.04 bits per heavy atom. The molecule has 1 fully saturated rings. The molecule has 1 N–H and O–H groups in total. The number of benzene rings is 1. The minimum Gasteiger partial charge on any atom is -0.330 e. The average molecular weight is 326 g/mol. The number of amides is 1. The van der Waals surface area contributed by atoms with E-state index in [1.807, 2.05) is 17.9 Å². The van der Waals surface area contributed by atoms with E-state index in [2.05, 4.69) is 53.5 Å². The number of carbonyl (C=O) groups is 1.